The van der Waals surface area contributed by atoms with Gasteiger partial charge in [-0.2, -0.15) is 0 Å². The molecule has 0 saturated carbocycles. The van der Waals surface area contributed by atoms with E-state index >= 15 is 0 Å². The molecule has 0 radical (unpaired) electrons. The molecule has 0 aromatic carbocycles. The molecule has 0 aliphatic rings. The summed E-state index contributed by atoms with van der Waals surface area (Å²) in [6.45, 7) is 5.92. The highest BCUT2D eigenvalue weighted by Crippen LogP contribution is 2.23. The van der Waals surface area contributed by atoms with E-state index in [9.17, 15) is 14.7 Å². The van der Waals surface area contributed by atoms with Crippen LogP contribution in [-0.4, -0.2) is 50.2 Å². The topological polar surface area (TPSA) is 66.4 Å². The van der Waals surface area contributed by atoms with E-state index in [4.69, 9.17) is 4.74 Å². The zero-order valence-electron chi connectivity index (χ0n) is 12.3. The lowest BCUT2D eigenvalue weighted by molar-refractivity contribution is -0.873. The van der Waals surface area contributed by atoms with Gasteiger partial charge >= 0.3 is 5.97 Å². The quantitative estimate of drug-likeness (QED) is 0.483. The lowest BCUT2D eigenvalue weighted by Gasteiger charge is -2.31. The number of hydrogen-bond acceptors (Lipinski definition) is 4. The van der Waals surface area contributed by atoms with E-state index in [1.165, 1.54) is 0 Å². The number of ether oxygens (including phenoxy) is 1. The van der Waals surface area contributed by atoms with Crippen molar-refractivity contribution in [3.05, 3.63) is 0 Å². The molecule has 0 aromatic heterocycles. The van der Waals surface area contributed by atoms with Gasteiger partial charge in [-0.25, -0.2) is 0 Å². The molecule has 106 valence electrons. The molecule has 0 unspecified atom stereocenters. The maximum atomic E-state index is 11.9. The maximum absolute atomic E-state index is 11.9. The molecular weight excluding hydrogens is 234 g/mol. The Labute approximate surface area is 109 Å². The third-order valence-corrected chi connectivity index (χ3v) is 2.86. The Morgan fingerprint density at radius 2 is 1.78 bits per heavy atom. The third kappa shape index (κ3) is 6.59. The summed E-state index contributed by atoms with van der Waals surface area (Å²) in [6.07, 6.45) is -0.261. The Morgan fingerprint density at radius 1 is 1.28 bits per heavy atom. The van der Waals surface area contributed by atoms with Crippen LogP contribution in [-0.2, 0) is 14.3 Å². The van der Waals surface area contributed by atoms with E-state index in [1.807, 2.05) is 28.1 Å². The van der Waals surface area contributed by atoms with E-state index in [2.05, 4.69) is 0 Å². The first kappa shape index (κ1) is 16.9. The Bertz CT molecular complexity index is 305. The highest BCUT2D eigenvalue weighted by atomic mass is 16.5. The van der Waals surface area contributed by atoms with Crippen LogP contribution in [0, 0.1) is 5.41 Å². The van der Waals surface area contributed by atoms with Crippen molar-refractivity contribution >= 4 is 11.9 Å². The standard InChI is InChI=1S/C13H25NO4/c1-7-13(2,3)12(17)18-10(8-11(15)16)9-14(4,5)6/h10H,7-9H2,1-6H3/t10-/m0/s1. The number of rotatable bonds is 7. The molecule has 1 atom stereocenters. The van der Waals surface area contributed by atoms with Gasteiger partial charge in [0.05, 0.1) is 26.6 Å². The fraction of sp³-hybridized carbons (Fsp3) is 0.846. The lowest BCUT2D eigenvalue weighted by atomic mass is 9.90. The van der Waals surface area contributed by atoms with Crippen LogP contribution in [0.25, 0.3) is 0 Å². The summed E-state index contributed by atoms with van der Waals surface area (Å²) < 4.78 is 5.84. The summed E-state index contributed by atoms with van der Waals surface area (Å²) in [6, 6.07) is 0. The molecule has 0 bridgehead atoms. The third-order valence-electron chi connectivity index (χ3n) is 2.86. The lowest BCUT2D eigenvalue weighted by Crippen LogP contribution is -2.46. The second-order valence-corrected chi connectivity index (χ2v) is 6.31. The molecule has 5 heteroatoms. The summed E-state index contributed by atoms with van der Waals surface area (Å²) >= 11 is 0. The van der Waals surface area contributed by atoms with Crippen LogP contribution < -0.4 is 5.11 Å². The number of carboxylic acids is 1. The van der Waals surface area contributed by atoms with Crippen molar-refractivity contribution in [2.45, 2.75) is 39.7 Å². The molecule has 0 amide bonds. The number of likely N-dealkylation sites (N-methyl/N-ethyl adjacent to an activating group) is 1. The molecular formula is C13H25NO4. The Hall–Kier alpha value is -1.10. The molecule has 0 rings (SSSR count). The van der Waals surface area contributed by atoms with Crippen molar-refractivity contribution in [1.82, 2.24) is 0 Å². The molecule has 18 heavy (non-hydrogen) atoms. The van der Waals surface area contributed by atoms with Gasteiger partial charge in [0.1, 0.15) is 6.54 Å². The van der Waals surface area contributed by atoms with Crippen LogP contribution in [0.5, 0.6) is 0 Å². The summed E-state index contributed by atoms with van der Waals surface area (Å²) in [5, 5.41) is 10.7. The zero-order valence-corrected chi connectivity index (χ0v) is 12.3. The van der Waals surface area contributed by atoms with Crippen LogP contribution in [0.4, 0.5) is 0 Å². The molecule has 0 fully saturated rings. The van der Waals surface area contributed by atoms with Gasteiger partial charge in [0.15, 0.2) is 6.10 Å². The fourth-order valence-electron chi connectivity index (χ4n) is 1.40. The molecule has 0 saturated heterocycles. The van der Waals surface area contributed by atoms with Crippen molar-refractivity contribution in [3.63, 3.8) is 0 Å². The summed E-state index contributed by atoms with van der Waals surface area (Å²) in [4.78, 5) is 22.6. The van der Waals surface area contributed by atoms with Gasteiger partial charge in [-0.1, -0.05) is 6.92 Å². The van der Waals surface area contributed by atoms with Crippen LogP contribution >= 0.6 is 0 Å². The average molecular weight is 259 g/mol. The van der Waals surface area contributed by atoms with E-state index in [1.54, 1.807) is 13.8 Å². The zero-order chi connectivity index (χ0) is 14.6. The molecule has 0 aromatic rings. The van der Waals surface area contributed by atoms with E-state index in [0.29, 0.717) is 17.4 Å². The molecule has 0 aliphatic carbocycles. The monoisotopic (exact) mass is 259 g/mol. The first-order valence-corrected chi connectivity index (χ1v) is 6.19. The van der Waals surface area contributed by atoms with Gasteiger partial charge in [-0.15, -0.1) is 0 Å². The summed E-state index contributed by atoms with van der Waals surface area (Å²) in [5.41, 5.74) is -0.588. The highest BCUT2D eigenvalue weighted by molar-refractivity contribution is 5.76. The average Bonchev–Trinajstić information content (AvgIpc) is 2.13. The SMILES string of the molecule is CCC(C)(C)C(=O)O[C@@H](CC(=O)[O-])C[N+](C)(C)C. The predicted molar refractivity (Wildman–Crippen MR) is 66.5 cm³/mol. The number of hydrogen-bond donors (Lipinski definition) is 0. The second-order valence-electron chi connectivity index (χ2n) is 6.31. The Balaban J connectivity index is 4.69. The molecule has 0 N–H and O–H groups in total. The largest absolute Gasteiger partial charge is 0.550 e. The van der Waals surface area contributed by atoms with Crippen LogP contribution in [0.1, 0.15) is 33.6 Å². The first-order chi connectivity index (χ1) is 7.98. The van der Waals surface area contributed by atoms with E-state index < -0.39 is 17.5 Å². The first-order valence-electron chi connectivity index (χ1n) is 6.19. The van der Waals surface area contributed by atoms with Crippen LogP contribution in [0.2, 0.25) is 0 Å². The number of carbonyl (C=O) groups is 2. The van der Waals surface area contributed by atoms with Gasteiger partial charge in [0, 0.05) is 12.4 Å². The van der Waals surface area contributed by atoms with E-state index in [0.717, 1.165) is 0 Å². The van der Waals surface area contributed by atoms with Gasteiger partial charge in [-0.3, -0.25) is 4.79 Å². The van der Waals surface area contributed by atoms with Crippen molar-refractivity contribution < 1.29 is 23.9 Å². The Morgan fingerprint density at radius 3 is 2.11 bits per heavy atom. The van der Waals surface area contributed by atoms with Crippen LogP contribution in [0.15, 0.2) is 0 Å². The van der Waals surface area contributed by atoms with Crippen molar-refractivity contribution in [2.75, 3.05) is 27.7 Å². The molecule has 0 aliphatic heterocycles. The van der Waals surface area contributed by atoms with Crippen LogP contribution in [0.3, 0.4) is 0 Å². The summed E-state index contributed by atoms with van der Waals surface area (Å²) in [5.74, 6) is -1.56. The second kappa shape index (κ2) is 6.18. The number of quaternary nitrogens is 1. The van der Waals surface area contributed by atoms with Crippen molar-refractivity contribution in [3.8, 4) is 0 Å². The normalized spacial score (nSPS) is 14.1. The smallest absolute Gasteiger partial charge is 0.311 e. The summed E-state index contributed by atoms with van der Waals surface area (Å²) in [7, 11) is 5.75. The maximum Gasteiger partial charge on any atom is 0.311 e. The minimum atomic E-state index is -1.20. The number of carboxylic acid groups (broad SMARTS) is 1. The van der Waals surface area contributed by atoms with Gasteiger partial charge in [0.2, 0.25) is 0 Å². The molecule has 0 heterocycles. The van der Waals surface area contributed by atoms with Gasteiger partial charge in [0.25, 0.3) is 0 Å². The number of nitrogens with zero attached hydrogens (tertiary/aromatic N) is 1. The molecule has 0 spiro atoms. The minimum Gasteiger partial charge on any atom is -0.550 e. The Kier molecular flexibility index (Phi) is 5.80. The number of esters is 1. The predicted octanol–water partition coefficient (Wildman–Crippen LogP) is 0.181. The molecule has 5 nitrogen and oxygen atoms in total. The van der Waals surface area contributed by atoms with Gasteiger partial charge < -0.3 is 19.1 Å². The van der Waals surface area contributed by atoms with Crippen molar-refractivity contribution in [1.29, 1.82) is 0 Å². The van der Waals surface area contributed by atoms with Crippen molar-refractivity contribution in [2.24, 2.45) is 5.41 Å². The van der Waals surface area contributed by atoms with Gasteiger partial charge in [-0.05, 0) is 20.3 Å². The minimum absolute atomic E-state index is 0.263. The number of aliphatic carboxylic acids is 1. The number of carbonyl (C=O) groups excluding carboxylic acids is 2. The highest BCUT2D eigenvalue weighted by Gasteiger charge is 2.31. The fourth-order valence-corrected chi connectivity index (χ4v) is 1.40. The van der Waals surface area contributed by atoms with E-state index in [-0.39, 0.29) is 12.4 Å².